The van der Waals surface area contributed by atoms with Crippen LogP contribution in [0.1, 0.15) is 20.3 Å². The molecule has 0 radical (unpaired) electrons. The van der Waals surface area contributed by atoms with Gasteiger partial charge in [-0.05, 0) is 19.4 Å². The lowest BCUT2D eigenvalue weighted by molar-refractivity contribution is 0.399. The van der Waals surface area contributed by atoms with Crippen LogP contribution < -0.4 is 0 Å². The average Bonchev–Trinajstić information content (AvgIpc) is 2.16. The molecule has 0 amide bonds. The molecule has 0 heterocycles. The molecular weight excluding hydrogens is 155 g/mol. The Bertz CT molecular complexity index is 169. The summed E-state index contributed by atoms with van der Waals surface area (Å²) in [6.07, 6.45) is 5.34. The first kappa shape index (κ1) is 13.7. The van der Waals surface area contributed by atoms with E-state index >= 15 is 0 Å². The quantitative estimate of drug-likeness (QED) is 0.649. The van der Waals surface area contributed by atoms with Gasteiger partial charge in [-0.15, -0.1) is 0 Å². The highest BCUT2D eigenvalue weighted by Crippen LogP contribution is 2.03. The molecule has 12 heavy (non-hydrogen) atoms. The van der Waals surface area contributed by atoms with Crippen LogP contribution in [0.15, 0.2) is 36.2 Å². The number of hydrogen-bond acceptors (Lipinski definition) is 1. The molecule has 0 saturated carbocycles. The molecule has 0 fully saturated rings. The van der Waals surface area contributed by atoms with Crippen molar-refractivity contribution < 1.29 is 9.50 Å². The van der Waals surface area contributed by atoms with E-state index in [9.17, 15) is 4.39 Å². The topological polar surface area (TPSA) is 20.2 Å². The van der Waals surface area contributed by atoms with Crippen LogP contribution in [0.5, 0.6) is 0 Å². The van der Waals surface area contributed by atoms with E-state index in [1.54, 1.807) is 19.1 Å². The van der Waals surface area contributed by atoms with Gasteiger partial charge < -0.3 is 5.11 Å². The summed E-state index contributed by atoms with van der Waals surface area (Å²) in [7, 11) is 1.00. The fourth-order valence-corrected chi connectivity index (χ4v) is 0.408. The van der Waals surface area contributed by atoms with Crippen LogP contribution in [0.2, 0.25) is 0 Å². The molecule has 0 aromatic rings. The molecule has 0 aliphatic carbocycles. The number of hydrogen-bond donors (Lipinski definition) is 1. The van der Waals surface area contributed by atoms with Gasteiger partial charge >= 0.3 is 0 Å². The molecule has 0 aromatic heterocycles. The van der Waals surface area contributed by atoms with E-state index in [1.807, 2.05) is 6.92 Å². The predicted octanol–water partition coefficient (Wildman–Crippen LogP) is 2.99. The molecule has 0 unspecified atom stereocenters. The monoisotopic (exact) mass is 172 g/mol. The van der Waals surface area contributed by atoms with Crippen LogP contribution in [-0.2, 0) is 0 Å². The van der Waals surface area contributed by atoms with Gasteiger partial charge in [-0.25, -0.2) is 4.39 Å². The summed E-state index contributed by atoms with van der Waals surface area (Å²) in [6.45, 7) is 7.21. The van der Waals surface area contributed by atoms with Gasteiger partial charge in [0.05, 0.1) is 5.83 Å². The number of halogens is 1. The zero-order chi connectivity index (χ0) is 9.98. The molecule has 0 bridgehead atoms. The van der Waals surface area contributed by atoms with Crippen molar-refractivity contribution in [3.05, 3.63) is 36.2 Å². The van der Waals surface area contributed by atoms with Gasteiger partial charge in [-0.1, -0.05) is 31.2 Å². The van der Waals surface area contributed by atoms with Crippen molar-refractivity contribution in [2.75, 3.05) is 7.11 Å². The van der Waals surface area contributed by atoms with E-state index in [0.29, 0.717) is 6.42 Å². The molecule has 1 N–H and O–H groups in total. The van der Waals surface area contributed by atoms with Gasteiger partial charge in [0.25, 0.3) is 0 Å². The normalized spacial score (nSPS) is 11.8. The number of aliphatic hydroxyl groups is 1. The van der Waals surface area contributed by atoms with E-state index in [-0.39, 0.29) is 5.83 Å². The van der Waals surface area contributed by atoms with Crippen molar-refractivity contribution >= 4 is 0 Å². The number of allylic oxidation sites excluding steroid dienone is 5. The van der Waals surface area contributed by atoms with Crippen LogP contribution in [0.3, 0.4) is 0 Å². The van der Waals surface area contributed by atoms with E-state index in [0.717, 1.165) is 12.7 Å². The fourth-order valence-electron chi connectivity index (χ4n) is 0.408. The zero-order valence-corrected chi connectivity index (χ0v) is 7.97. The maximum Gasteiger partial charge on any atom is 0.0996 e. The lowest BCUT2D eigenvalue weighted by Gasteiger charge is -1.87. The summed E-state index contributed by atoms with van der Waals surface area (Å²) in [6, 6.07) is 0. The summed E-state index contributed by atoms with van der Waals surface area (Å²) in [4.78, 5) is 0. The molecular formula is C10H17FO. The average molecular weight is 172 g/mol. The number of rotatable bonds is 3. The molecule has 0 aliphatic rings. The summed E-state index contributed by atoms with van der Waals surface area (Å²) in [5.74, 6) is -0.0961. The molecule has 0 atom stereocenters. The van der Waals surface area contributed by atoms with Gasteiger partial charge in [-0.2, -0.15) is 0 Å². The molecule has 0 aromatic carbocycles. The van der Waals surface area contributed by atoms with Crippen LogP contribution in [0, 0.1) is 0 Å². The molecule has 2 heteroatoms. The minimum atomic E-state index is -0.0961. The van der Waals surface area contributed by atoms with Crippen molar-refractivity contribution in [3.63, 3.8) is 0 Å². The van der Waals surface area contributed by atoms with Crippen molar-refractivity contribution in [2.24, 2.45) is 0 Å². The fraction of sp³-hybridized carbons (Fsp3) is 0.400. The minimum Gasteiger partial charge on any atom is -0.400 e. The lowest BCUT2D eigenvalue weighted by Crippen LogP contribution is -1.68. The van der Waals surface area contributed by atoms with Gasteiger partial charge in [-0.3, -0.25) is 0 Å². The van der Waals surface area contributed by atoms with Crippen LogP contribution >= 0.6 is 0 Å². The standard InChI is InChI=1S/C9H13F.CH4O/c1-4-8(3)6-7-9(10)5-2;1-2/h4,6-7H,1,5H2,2-3H3;2H,1H3/b8-6-,9-7+;. The Kier molecular flexibility index (Phi) is 11.5. The molecule has 0 rings (SSSR count). The molecule has 1 nitrogen and oxygen atoms in total. The Morgan fingerprint density at radius 3 is 2.25 bits per heavy atom. The maximum absolute atomic E-state index is 12.4. The smallest absolute Gasteiger partial charge is 0.0996 e. The van der Waals surface area contributed by atoms with Gasteiger partial charge in [0.15, 0.2) is 0 Å². The summed E-state index contributed by atoms with van der Waals surface area (Å²) >= 11 is 0. The highest BCUT2D eigenvalue weighted by Gasteiger charge is 1.84. The predicted molar refractivity (Wildman–Crippen MR) is 51.6 cm³/mol. The molecule has 0 aliphatic heterocycles. The number of aliphatic hydroxyl groups excluding tert-OH is 1. The third-order valence-electron chi connectivity index (χ3n) is 1.19. The first-order valence-electron chi connectivity index (χ1n) is 3.80. The van der Waals surface area contributed by atoms with E-state index < -0.39 is 0 Å². The Balaban J connectivity index is 0. The summed E-state index contributed by atoms with van der Waals surface area (Å²) in [5.41, 5.74) is 0.976. The van der Waals surface area contributed by atoms with Crippen molar-refractivity contribution in [2.45, 2.75) is 20.3 Å². The minimum absolute atomic E-state index is 0.0961. The maximum atomic E-state index is 12.4. The Morgan fingerprint density at radius 1 is 1.42 bits per heavy atom. The molecule has 0 saturated heterocycles. The largest absolute Gasteiger partial charge is 0.400 e. The second-order valence-corrected chi connectivity index (χ2v) is 2.08. The first-order chi connectivity index (χ1) is 5.70. The highest BCUT2D eigenvalue weighted by atomic mass is 19.1. The first-order valence-corrected chi connectivity index (χ1v) is 3.80. The zero-order valence-electron chi connectivity index (χ0n) is 7.97. The second-order valence-electron chi connectivity index (χ2n) is 2.08. The lowest BCUT2D eigenvalue weighted by atomic mass is 10.2. The van der Waals surface area contributed by atoms with Crippen molar-refractivity contribution in [3.8, 4) is 0 Å². The Morgan fingerprint density at radius 2 is 1.92 bits per heavy atom. The highest BCUT2D eigenvalue weighted by molar-refractivity contribution is 5.20. The van der Waals surface area contributed by atoms with Crippen molar-refractivity contribution in [1.29, 1.82) is 0 Å². The van der Waals surface area contributed by atoms with Gasteiger partial charge in [0, 0.05) is 7.11 Å². The Hall–Kier alpha value is -0.890. The van der Waals surface area contributed by atoms with E-state index in [1.165, 1.54) is 6.08 Å². The van der Waals surface area contributed by atoms with Gasteiger partial charge in [0.2, 0.25) is 0 Å². The third-order valence-corrected chi connectivity index (χ3v) is 1.19. The summed E-state index contributed by atoms with van der Waals surface area (Å²) < 4.78 is 12.4. The van der Waals surface area contributed by atoms with Crippen LogP contribution in [-0.4, -0.2) is 12.2 Å². The molecule has 0 spiro atoms. The van der Waals surface area contributed by atoms with Crippen LogP contribution in [0.25, 0.3) is 0 Å². The van der Waals surface area contributed by atoms with Crippen molar-refractivity contribution in [1.82, 2.24) is 0 Å². The van der Waals surface area contributed by atoms with Gasteiger partial charge in [0.1, 0.15) is 0 Å². The second kappa shape index (κ2) is 10.1. The van der Waals surface area contributed by atoms with Crippen LogP contribution in [0.4, 0.5) is 4.39 Å². The van der Waals surface area contributed by atoms with E-state index in [2.05, 4.69) is 6.58 Å². The summed E-state index contributed by atoms with van der Waals surface area (Å²) in [5, 5.41) is 7.00. The SMILES string of the molecule is C=C/C(C)=C\C=C(\F)CC.CO. The van der Waals surface area contributed by atoms with E-state index in [4.69, 9.17) is 5.11 Å². The molecule has 70 valence electrons. The Labute approximate surface area is 73.9 Å². The third kappa shape index (κ3) is 9.11.